The topological polar surface area (TPSA) is 49.4 Å². The second-order valence-electron chi connectivity index (χ2n) is 7.10. The number of hydrogen-bond donors (Lipinski definition) is 1. The molecule has 0 aliphatic heterocycles. The monoisotopic (exact) mass is 432 g/mol. The Bertz CT molecular complexity index is 811. The van der Waals surface area contributed by atoms with Gasteiger partial charge >= 0.3 is 0 Å². The van der Waals surface area contributed by atoms with Crippen LogP contribution < -0.4 is 5.32 Å². The summed E-state index contributed by atoms with van der Waals surface area (Å²) in [5.74, 6) is 0.887. The third kappa shape index (κ3) is 7.75. The predicted molar refractivity (Wildman–Crippen MR) is 122 cm³/mol. The van der Waals surface area contributed by atoms with Gasteiger partial charge in [-0.25, -0.2) is 0 Å². The lowest BCUT2D eigenvalue weighted by molar-refractivity contribution is -0.138. The van der Waals surface area contributed by atoms with E-state index < -0.39 is 6.04 Å². The van der Waals surface area contributed by atoms with Crippen LogP contribution in [0.25, 0.3) is 0 Å². The predicted octanol–water partition coefficient (Wildman–Crippen LogP) is 4.83. The van der Waals surface area contributed by atoms with Gasteiger partial charge in [0, 0.05) is 23.9 Å². The fraction of sp³-hybridized carbons (Fsp3) is 0.391. The zero-order valence-electron chi connectivity index (χ0n) is 17.3. The summed E-state index contributed by atoms with van der Waals surface area (Å²) in [6, 6.07) is 15.1. The van der Waals surface area contributed by atoms with Crippen molar-refractivity contribution in [2.45, 2.75) is 45.5 Å². The number of hydrogen-bond acceptors (Lipinski definition) is 3. The largest absolute Gasteiger partial charge is 0.354 e. The lowest BCUT2D eigenvalue weighted by Gasteiger charge is -2.29. The average Bonchev–Trinajstić information content (AvgIpc) is 2.71. The number of carbonyl (C=O) groups excluding carboxylic acids is 2. The molecular formula is C23H29ClN2O2S. The molecule has 4 nitrogen and oxygen atoms in total. The van der Waals surface area contributed by atoms with Gasteiger partial charge in [0.2, 0.25) is 11.8 Å². The van der Waals surface area contributed by atoms with Crippen LogP contribution in [0.5, 0.6) is 0 Å². The molecule has 0 aliphatic carbocycles. The number of rotatable bonds is 10. The maximum atomic E-state index is 13.0. The number of benzene rings is 2. The molecule has 0 radical (unpaired) electrons. The van der Waals surface area contributed by atoms with Crippen molar-refractivity contribution in [3.63, 3.8) is 0 Å². The fourth-order valence-corrected chi connectivity index (χ4v) is 3.90. The van der Waals surface area contributed by atoms with Crippen molar-refractivity contribution in [2.75, 3.05) is 12.3 Å². The molecule has 2 rings (SSSR count). The first kappa shape index (κ1) is 23.3. The molecule has 2 aromatic rings. The number of carbonyl (C=O) groups is 2. The molecule has 0 bridgehead atoms. The SMILES string of the molecule is CCCNC(=O)[C@@H](C)N(Cc1cccc(C)c1)C(=O)CSCc1ccc(Cl)cc1. The molecule has 0 fully saturated rings. The maximum absolute atomic E-state index is 13.0. The molecule has 2 aromatic carbocycles. The lowest BCUT2D eigenvalue weighted by atomic mass is 10.1. The van der Waals surface area contributed by atoms with Crippen LogP contribution in [-0.4, -0.2) is 35.1 Å². The molecule has 0 saturated heterocycles. The van der Waals surface area contributed by atoms with Gasteiger partial charge in [0.15, 0.2) is 0 Å². The van der Waals surface area contributed by atoms with E-state index in [2.05, 4.69) is 11.4 Å². The molecule has 0 saturated carbocycles. The molecule has 156 valence electrons. The quantitative estimate of drug-likeness (QED) is 0.585. The summed E-state index contributed by atoms with van der Waals surface area (Å²) in [4.78, 5) is 27.2. The third-order valence-corrected chi connectivity index (χ3v) is 5.80. The smallest absolute Gasteiger partial charge is 0.242 e. The molecule has 2 amide bonds. The number of nitrogens with one attached hydrogen (secondary N) is 1. The van der Waals surface area contributed by atoms with Crippen LogP contribution in [0, 0.1) is 6.92 Å². The minimum Gasteiger partial charge on any atom is -0.354 e. The Kier molecular flexibility index (Phi) is 9.55. The highest BCUT2D eigenvalue weighted by molar-refractivity contribution is 7.99. The molecular weight excluding hydrogens is 404 g/mol. The minimum absolute atomic E-state index is 0.0374. The van der Waals surface area contributed by atoms with Gasteiger partial charge in [0.05, 0.1) is 5.75 Å². The summed E-state index contributed by atoms with van der Waals surface area (Å²) in [5.41, 5.74) is 3.28. The van der Waals surface area contributed by atoms with Crippen LogP contribution in [0.3, 0.4) is 0 Å². The minimum atomic E-state index is -0.523. The second-order valence-corrected chi connectivity index (χ2v) is 8.52. The van der Waals surface area contributed by atoms with Gasteiger partial charge in [0.1, 0.15) is 6.04 Å². The van der Waals surface area contributed by atoms with E-state index in [9.17, 15) is 9.59 Å². The Labute approximate surface area is 183 Å². The third-order valence-electron chi connectivity index (χ3n) is 4.56. The number of halogens is 1. The summed E-state index contributed by atoms with van der Waals surface area (Å²) in [6.45, 7) is 6.86. The van der Waals surface area contributed by atoms with Crippen LogP contribution in [0.4, 0.5) is 0 Å². The van der Waals surface area contributed by atoms with Crippen LogP contribution in [0.2, 0.25) is 5.02 Å². The van der Waals surface area contributed by atoms with Gasteiger partial charge in [-0.3, -0.25) is 9.59 Å². The Morgan fingerprint density at radius 1 is 1.14 bits per heavy atom. The van der Waals surface area contributed by atoms with Crippen molar-refractivity contribution in [1.82, 2.24) is 10.2 Å². The van der Waals surface area contributed by atoms with E-state index in [1.165, 1.54) is 0 Å². The van der Waals surface area contributed by atoms with E-state index in [0.29, 0.717) is 23.9 Å². The van der Waals surface area contributed by atoms with Crippen molar-refractivity contribution in [3.8, 4) is 0 Å². The van der Waals surface area contributed by atoms with Crippen molar-refractivity contribution < 1.29 is 9.59 Å². The summed E-state index contributed by atoms with van der Waals surface area (Å²) in [7, 11) is 0. The number of amides is 2. The van der Waals surface area contributed by atoms with Crippen molar-refractivity contribution in [2.24, 2.45) is 0 Å². The second kappa shape index (κ2) is 11.9. The molecule has 0 aliphatic rings. The normalized spacial score (nSPS) is 11.7. The summed E-state index contributed by atoms with van der Waals surface area (Å²) >= 11 is 7.46. The molecule has 0 aromatic heterocycles. The standard InChI is InChI=1S/C23H29ClN2O2S/c1-4-12-25-23(28)18(3)26(14-20-7-5-6-17(2)13-20)22(27)16-29-15-19-8-10-21(24)11-9-19/h5-11,13,18H,4,12,14-16H2,1-3H3,(H,25,28)/t18-/m1/s1. The van der Waals surface area contributed by atoms with Crippen LogP contribution in [0.15, 0.2) is 48.5 Å². The van der Waals surface area contributed by atoms with Crippen LogP contribution in [-0.2, 0) is 21.9 Å². The highest BCUT2D eigenvalue weighted by Crippen LogP contribution is 2.18. The highest BCUT2D eigenvalue weighted by atomic mass is 35.5. The van der Waals surface area contributed by atoms with Crippen molar-refractivity contribution >= 4 is 35.2 Å². The lowest BCUT2D eigenvalue weighted by Crippen LogP contribution is -2.48. The first-order chi connectivity index (χ1) is 13.9. The Morgan fingerprint density at radius 3 is 2.52 bits per heavy atom. The molecule has 0 heterocycles. The van der Waals surface area contributed by atoms with E-state index in [-0.39, 0.29) is 11.8 Å². The van der Waals surface area contributed by atoms with Gasteiger partial charge < -0.3 is 10.2 Å². The first-order valence-electron chi connectivity index (χ1n) is 9.85. The molecule has 0 spiro atoms. The molecule has 29 heavy (non-hydrogen) atoms. The van der Waals surface area contributed by atoms with E-state index in [0.717, 1.165) is 28.9 Å². The molecule has 1 N–H and O–H groups in total. The van der Waals surface area contributed by atoms with E-state index in [1.807, 2.05) is 56.3 Å². The van der Waals surface area contributed by atoms with Crippen molar-refractivity contribution in [3.05, 3.63) is 70.2 Å². The van der Waals surface area contributed by atoms with Crippen LogP contribution >= 0.6 is 23.4 Å². The Morgan fingerprint density at radius 2 is 1.86 bits per heavy atom. The van der Waals surface area contributed by atoms with Crippen molar-refractivity contribution in [1.29, 1.82) is 0 Å². The summed E-state index contributed by atoms with van der Waals surface area (Å²) in [5, 5.41) is 3.60. The molecule has 1 atom stereocenters. The Balaban J connectivity index is 2.04. The highest BCUT2D eigenvalue weighted by Gasteiger charge is 2.25. The van der Waals surface area contributed by atoms with E-state index >= 15 is 0 Å². The maximum Gasteiger partial charge on any atom is 0.242 e. The average molecular weight is 433 g/mol. The van der Waals surface area contributed by atoms with Gasteiger partial charge in [-0.1, -0.05) is 60.5 Å². The first-order valence-corrected chi connectivity index (χ1v) is 11.4. The zero-order chi connectivity index (χ0) is 21.2. The van der Waals surface area contributed by atoms with Gasteiger partial charge in [0.25, 0.3) is 0 Å². The summed E-state index contributed by atoms with van der Waals surface area (Å²) in [6.07, 6.45) is 0.862. The number of aryl methyl sites for hydroxylation is 1. The van der Waals surface area contributed by atoms with Crippen LogP contribution in [0.1, 0.15) is 37.0 Å². The van der Waals surface area contributed by atoms with E-state index in [1.54, 1.807) is 23.6 Å². The zero-order valence-corrected chi connectivity index (χ0v) is 18.9. The number of nitrogens with zero attached hydrogens (tertiary/aromatic N) is 1. The molecule has 0 unspecified atom stereocenters. The summed E-state index contributed by atoms with van der Waals surface area (Å²) < 4.78 is 0. The Hall–Kier alpha value is -1.98. The fourth-order valence-electron chi connectivity index (χ4n) is 2.91. The van der Waals surface area contributed by atoms with E-state index in [4.69, 9.17) is 11.6 Å². The number of thioether (sulfide) groups is 1. The van der Waals surface area contributed by atoms with Gasteiger partial charge in [-0.05, 0) is 43.5 Å². The van der Waals surface area contributed by atoms with Gasteiger partial charge in [-0.15, -0.1) is 11.8 Å². The van der Waals surface area contributed by atoms with Gasteiger partial charge in [-0.2, -0.15) is 0 Å². The molecule has 6 heteroatoms.